The summed E-state index contributed by atoms with van der Waals surface area (Å²) in [6.07, 6.45) is 1.10. The van der Waals surface area contributed by atoms with Gasteiger partial charge in [0.25, 0.3) is 0 Å². The summed E-state index contributed by atoms with van der Waals surface area (Å²) in [7, 11) is -3.23. The topological polar surface area (TPSA) is 85.3 Å². The van der Waals surface area contributed by atoms with Gasteiger partial charge in [0.1, 0.15) is 15.6 Å². The third kappa shape index (κ3) is 2.69. The number of fused-ring (bicyclic) bond motifs is 1. The van der Waals surface area contributed by atoms with Gasteiger partial charge in [-0.3, -0.25) is 5.84 Å². The maximum Gasteiger partial charge on any atom is 0.169 e. The summed E-state index contributed by atoms with van der Waals surface area (Å²) in [4.78, 5) is 0. The second kappa shape index (κ2) is 4.68. The first-order valence-corrected chi connectivity index (χ1v) is 7.28. The Hall–Kier alpha value is -1.44. The van der Waals surface area contributed by atoms with E-state index in [1.165, 1.54) is 6.07 Å². The van der Waals surface area contributed by atoms with Crippen molar-refractivity contribution in [3.8, 4) is 0 Å². The quantitative estimate of drug-likeness (QED) is 0.643. The number of benzene rings is 1. The smallest absolute Gasteiger partial charge is 0.169 e. The molecule has 0 saturated heterocycles. The lowest BCUT2D eigenvalue weighted by Crippen LogP contribution is -2.32. The number of halogens is 1. The van der Waals surface area contributed by atoms with Crippen molar-refractivity contribution in [1.82, 2.24) is 5.43 Å². The Labute approximate surface area is 104 Å². The molecule has 0 fully saturated rings. The van der Waals surface area contributed by atoms with Gasteiger partial charge in [0.2, 0.25) is 0 Å². The number of para-hydroxylation sites is 1. The molecule has 1 aromatic carbocycles. The average molecular weight is 272 g/mol. The van der Waals surface area contributed by atoms with Crippen molar-refractivity contribution in [3.63, 3.8) is 0 Å². The SMILES string of the molecule is CS(=O)(=O)CC(NN)c1cc2cccc(F)c2o1. The lowest BCUT2D eigenvalue weighted by Gasteiger charge is -2.11. The van der Waals surface area contributed by atoms with Gasteiger partial charge in [0.15, 0.2) is 11.4 Å². The predicted octanol–water partition coefficient (Wildman–Crippen LogP) is 1.12. The highest BCUT2D eigenvalue weighted by atomic mass is 32.2. The van der Waals surface area contributed by atoms with Crippen LogP contribution in [0.15, 0.2) is 28.7 Å². The van der Waals surface area contributed by atoms with E-state index < -0.39 is 21.7 Å². The minimum atomic E-state index is -3.23. The second-order valence-electron chi connectivity index (χ2n) is 4.12. The van der Waals surface area contributed by atoms with E-state index in [4.69, 9.17) is 10.3 Å². The molecular formula is C11H13FN2O3S. The molecule has 0 aliphatic carbocycles. The Kier molecular flexibility index (Phi) is 3.38. The second-order valence-corrected chi connectivity index (χ2v) is 6.30. The van der Waals surface area contributed by atoms with E-state index in [2.05, 4.69) is 5.43 Å². The number of hydrazine groups is 1. The van der Waals surface area contributed by atoms with Gasteiger partial charge in [-0.15, -0.1) is 0 Å². The van der Waals surface area contributed by atoms with Gasteiger partial charge >= 0.3 is 0 Å². The molecule has 18 heavy (non-hydrogen) atoms. The molecule has 7 heteroatoms. The third-order valence-electron chi connectivity index (χ3n) is 2.53. The first-order chi connectivity index (χ1) is 8.40. The molecule has 2 rings (SSSR count). The molecule has 1 heterocycles. The van der Waals surface area contributed by atoms with Crippen LogP contribution in [0.5, 0.6) is 0 Å². The summed E-state index contributed by atoms with van der Waals surface area (Å²) in [5.74, 6) is 4.89. The van der Waals surface area contributed by atoms with Crippen molar-refractivity contribution in [2.24, 2.45) is 5.84 Å². The predicted molar refractivity (Wildman–Crippen MR) is 65.9 cm³/mol. The van der Waals surface area contributed by atoms with E-state index >= 15 is 0 Å². The van der Waals surface area contributed by atoms with Gasteiger partial charge in [-0.25, -0.2) is 18.2 Å². The molecular weight excluding hydrogens is 259 g/mol. The number of hydrogen-bond donors (Lipinski definition) is 2. The Balaban J connectivity index is 2.43. The molecule has 2 aromatic rings. The number of sulfone groups is 1. The Morgan fingerprint density at radius 3 is 2.78 bits per heavy atom. The fourth-order valence-corrected chi connectivity index (χ4v) is 2.60. The highest BCUT2D eigenvalue weighted by Crippen LogP contribution is 2.26. The van der Waals surface area contributed by atoms with Crippen LogP contribution in [0.4, 0.5) is 4.39 Å². The van der Waals surface area contributed by atoms with Gasteiger partial charge in [-0.2, -0.15) is 0 Å². The standard InChI is InChI=1S/C11H13FN2O3S/c1-18(15,16)6-9(14-13)10-5-7-3-2-4-8(12)11(7)17-10/h2-5,9,14H,6,13H2,1H3. The van der Waals surface area contributed by atoms with Gasteiger partial charge < -0.3 is 4.42 Å². The van der Waals surface area contributed by atoms with Crippen molar-refractivity contribution in [3.05, 3.63) is 35.8 Å². The lowest BCUT2D eigenvalue weighted by molar-refractivity contribution is 0.448. The fourth-order valence-electron chi connectivity index (χ4n) is 1.73. The molecule has 0 aliphatic rings. The van der Waals surface area contributed by atoms with E-state index in [9.17, 15) is 12.8 Å². The summed E-state index contributed by atoms with van der Waals surface area (Å²) in [5.41, 5.74) is 2.46. The van der Waals surface area contributed by atoms with Crippen LogP contribution in [-0.4, -0.2) is 20.4 Å². The molecule has 1 aromatic heterocycles. The minimum absolute atomic E-state index is 0.0984. The summed E-state index contributed by atoms with van der Waals surface area (Å²) in [5, 5.41) is 0.568. The van der Waals surface area contributed by atoms with E-state index in [-0.39, 0.29) is 11.3 Å². The van der Waals surface area contributed by atoms with Gasteiger partial charge in [0.05, 0.1) is 11.8 Å². The van der Waals surface area contributed by atoms with E-state index in [1.807, 2.05) is 0 Å². The highest BCUT2D eigenvalue weighted by Gasteiger charge is 2.20. The average Bonchev–Trinajstić information content (AvgIpc) is 2.70. The number of nitrogens with two attached hydrogens (primary N) is 1. The van der Waals surface area contributed by atoms with E-state index in [0.717, 1.165) is 6.26 Å². The van der Waals surface area contributed by atoms with Gasteiger partial charge in [-0.1, -0.05) is 12.1 Å². The number of hydrogen-bond acceptors (Lipinski definition) is 5. The first-order valence-electron chi connectivity index (χ1n) is 5.22. The molecule has 0 saturated carbocycles. The first kappa shape index (κ1) is 13.0. The normalized spacial score (nSPS) is 13.9. The van der Waals surface area contributed by atoms with Crippen LogP contribution in [-0.2, 0) is 9.84 Å². The van der Waals surface area contributed by atoms with Crippen molar-refractivity contribution in [2.45, 2.75) is 6.04 Å². The Bertz CT molecular complexity index is 666. The van der Waals surface area contributed by atoms with Crippen molar-refractivity contribution in [2.75, 3.05) is 12.0 Å². The van der Waals surface area contributed by atoms with Crippen LogP contribution < -0.4 is 11.3 Å². The van der Waals surface area contributed by atoms with Crippen LogP contribution >= 0.6 is 0 Å². The Morgan fingerprint density at radius 2 is 2.22 bits per heavy atom. The fraction of sp³-hybridized carbons (Fsp3) is 0.273. The highest BCUT2D eigenvalue weighted by molar-refractivity contribution is 7.90. The number of rotatable bonds is 4. The number of furan rings is 1. The van der Waals surface area contributed by atoms with Crippen molar-refractivity contribution < 1.29 is 17.2 Å². The molecule has 0 radical (unpaired) electrons. The minimum Gasteiger partial charge on any atom is -0.456 e. The molecule has 1 atom stereocenters. The molecule has 1 unspecified atom stereocenters. The maximum absolute atomic E-state index is 13.4. The Morgan fingerprint density at radius 1 is 1.50 bits per heavy atom. The van der Waals surface area contributed by atoms with Crippen LogP contribution in [0.3, 0.4) is 0 Å². The zero-order valence-corrected chi connectivity index (χ0v) is 10.5. The van der Waals surface area contributed by atoms with Gasteiger partial charge in [0, 0.05) is 11.6 Å². The third-order valence-corrected chi connectivity index (χ3v) is 3.47. The monoisotopic (exact) mass is 272 g/mol. The molecule has 3 N–H and O–H groups in total. The van der Waals surface area contributed by atoms with E-state index in [1.54, 1.807) is 18.2 Å². The largest absolute Gasteiger partial charge is 0.456 e. The molecule has 0 bridgehead atoms. The van der Waals surface area contributed by atoms with Crippen molar-refractivity contribution >= 4 is 20.8 Å². The van der Waals surface area contributed by atoms with Crippen LogP contribution in [0.1, 0.15) is 11.8 Å². The van der Waals surface area contributed by atoms with E-state index in [0.29, 0.717) is 11.1 Å². The summed E-state index contributed by atoms with van der Waals surface area (Å²) in [6.45, 7) is 0. The maximum atomic E-state index is 13.4. The van der Waals surface area contributed by atoms with Crippen LogP contribution in [0, 0.1) is 5.82 Å². The summed E-state index contributed by atoms with van der Waals surface area (Å²) < 4.78 is 41.2. The molecule has 0 aliphatic heterocycles. The summed E-state index contributed by atoms with van der Waals surface area (Å²) >= 11 is 0. The lowest BCUT2D eigenvalue weighted by atomic mass is 10.2. The van der Waals surface area contributed by atoms with Crippen LogP contribution in [0.25, 0.3) is 11.0 Å². The number of nitrogens with one attached hydrogen (secondary N) is 1. The summed E-state index contributed by atoms with van der Waals surface area (Å²) in [6, 6.07) is 5.38. The van der Waals surface area contributed by atoms with Gasteiger partial charge in [-0.05, 0) is 12.1 Å². The van der Waals surface area contributed by atoms with Crippen LogP contribution in [0.2, 0.25) is 0 Å². The molecule has 0 amide bonds. The zero-order valence-electron chi connectivity index (χ0n) is 9.68. The van der Waals surface area contributed by atoms with Crippen molar-refractivity contribution in [1.29, 1.82) is 0 Å². The molecule has 5 nitrogen and oxygen atoms in total. The molecule has 0 spiro atoms. The zero-order chi connectivity index (χ0) is 13.3. The molecule has 98 valence electrons.